The third-order valence-corrected chi connectivity index (χ3v) is 4.83. The van der Waals surface area contributed by atoms with E-state index in [2.05, 4.69) is 19.2 Å². The van der Waals surface area contributed by atoms with Crippen LogP contribution in [0, 0.1) is 17.2 Å². The topological polar surface area (TPSA) is 12.0 Å². The number of hydrogen-bond acceptors (Lipinski definition) is 1. The Bertz CT molecular complexity index is 434. The maximum absolute atomic E-state index is 13.1. The van der Waals surface area contributed by atoms with Crippen molar-refractivity contribution in [2.45, 2.75) is 45.1 Å². The highest BCUT2D eigenvalue weighted by atomic mass is 19.1. The van der Waals surface area contributed by atoms with E-state index in [4.69, 9.17) is 0 Å². The second-order valence-corrected chi connectivity index (χ2v) is 6.72. The minimum absolute atomic E-state index is 0.108. The van der Waals surface area contributed by atoms with Crippen LogP contribution in [-0.2, 0) is 0 Å². The molecule has 0 heterocycles. The van der Waals surface area contributed by atoms with Crippen LogP contribution in [0.2, 0.25) is 0 Å². The molecule has 0 radical (unpaired) electrons. The van der Waals surface area contributed by atoms with Crippen LogP contribution >= 0.6 is 0 Å². The minimum atomic E-state index is -0.108. The summed E-state index contributed by atoms with van der Waals surface area (Å²) < 4.78 is 13.1. The van der Waals surface area contributed by atoms with Crippen molar-refractivity contribution in [2.75, 3.05) is 6.54 Å². The summed E-state index contributed by atoms with van der Waals surface area (Å²) in [6, 6.07) is 7.72. The van der Waals surface area contributed by atoms with Gasteiger partial charge in [0, 0.05) is 6.04 Å². The van der Waals surface area contributed by atoms with E-state index < -0.39 is 0 Å². The van der Waals surface area contributed by atoms with Crippen molar-refractivity contribution in [3.05, 3.63) is 35.6 Å². The summed E-state index contributed by atoms with van der Waals surface area (Å²) in [6.07, 6.45) is 3.69. The predicted molar refractivity (Wildman–Crippen MR) is 72.1 cm³/mol. The molecule has 0 saturated heterocycles. The molecule has 98 valence electrons. The Kier molecular flexibility index (Phi) is 2.93. The Morgan fingerprint density at radius 2 is 2.06 bits per heavy atom. The molecule has 2 saturated carbocycles. The summed E-state index contributed by atoms with van der Waals surface area (Å²) in [5.74, 6) is 1.32. The van der Waals surface area contributed by atoms with Crippen LogP contribution in [-0.4, -0.2) is 12.6 Å². The molecule has 0 aromatic heterocycles. The fourth-order valence-electron chi connectivity index (χ4n) is 3.05. The first kappa shape index (κ1) is 12.2. The second kappa shape index (κ2) is 4.34. The van der Waals surface area contributed by atoms with Gasteiger partial charge in [-0.25, -0.2) is 4.39 Å². The fourth-order valence-corrected chi connectivity index (χ4v) is 3.05. The summed E-state index contributed by atoms with van der Waals surface area (Å²) in [6.45, 7) is 5.85. The molecule has 3 rings (SSSR count). The first-order valence-electron chi connectivity index (χ1n) is 7.03. The molecule has 1 aromatic carbocycles. The van der Waals surface area contributed by atoms with E-state index in [0.717, 1.165) is 25.3 Å². The number of rotatable bonds is 4. The molecule has 2 aliphatic carbocycles. The highest BCUT2D eigenvalue weighted by molar-refractivity contribution is 5.23. The van der Waals surface area contributed by atoms with Crippen LogP contribution in [0.5, 0.6) is 0 Å². The maximum Gasteiger partial charge on any atom is 0.123 e. The fraction of sp³-hybridized carbons (Fsp3) is 0.625. The van der Waals surface area contributed by atoms with E-state index >= 15 is 0 Å². The lowest BCUT2D eigenvalue weighted by Gasteiger charge is -2.36. The molecule has 1 N–H and O–H groups in total. The van der Waals surface area contributed by atoms with E-state index in [0.29, 0.717) is 17.4 Å². The van der Waals surface area contributed by atoms with Gasteiger partial charge in [-0.05, 0) is 60.8 Å². The molecule has 0 bridgehead atoms. The quantitative estimate of drug-likeness (QED) is 0.855. The number of hydrogen-bond donors (Lipinski definition) is 1. The molecule has 1 unspecified atom stereocenters. The summed E-state index contributed by atoms with van der Waals surface area (Å²) in [4.78, 5) is 0. The molecule has 2 fully saturated rings. The molecule has 2 heteroatoms. The zero-order chi connectivity index (χ0) is 12.8. The molecule has 0 amide bonds. The van der Waals surface area contributed by atoms with Gasteiger partial charge in [0.05, 0.1) is 0 Å². The summed E-state index contributed by atoms with van der Waals surface area (Å²) >= 11 is 0. The number of nitrogens with one attached hydrogen (secondary N) is 1. The Morgan fingerprint density at radius 3 is 2.67 bits per heavy atom. The van der Waals surface area contributed by atoms with Gasteiger partial charge in [0.2, 0.25) is 0 Å². The van der Waals surface area contributed by atoms with Crippen molar-refractivity contribution in [3.63, 3.8) is 0 Å². The van der Waals surface area contributed by atoms with E-state index in [1.807, 2.05) is 12.1 Å². The molecular formula is C16H22FN. The van der Waals surface area contributed by atoms with Gasteiger partial charge in [-0.2, -0.15) is 0 Å². The number of benzene rings is 1. The lowest BCUT2D eigenvalue weighted by molar-refractivity contribution is 0.283. The molecule has 2 aliphatic rings. The Labute approximate surface area is 109 Å². The van der Waals surface area contributed by atoms with E-state index in [9.17, 15) is 4.39 Å². The van der Waals surface area contributed by atoms with Gasteiger partial charge < -0.3 is 5.32 Å². The smallest absolute Gasteiger partial charge is 0.123 e. The summed E-state index contributed by atoms with van der Waals surface area (Å²) in [5, 5.41) is 3.66. The van der Waals surface area contributed by atoms with Gasteiger partial charge in [-0.15, -0.1) is 0 Å². The third-order valence-electron chi connectivity index (χ3n) is 4.83. The second-order valence-electron chi connectivity index (χ2n) is 6.72. The maximum atomic E-state index is 13.1. The molecule has 0 aliphatic heterocycles. The molecule has 18 heavy (non-hydrogen) atoms. The molecule has 0 spiro atoms. The number of halogens is 1. The van der Waals surface area contributed by atoms with Crippen LogP contribution in [0.15, 0.2) is 24.3 Å². The zero-order valence-corrected chi connectivity index (χ0v) is 11.2. The van der Waals surface area contributed by atoms with E-state index in [1.165, 1.54) is 18.1 Å². The highest BCUT2D eigenvalue weighted by Gasteiger charge is 2.45. The van der Waals surface area contributed by atoms with E-state index in [1.54, 1.807) is 6.07 Å². The van der Waals surface area contributed by atoms with Crippen LogP contribution in [0.4, 0.5) is 4.39 Å². The largest absolute Gasteiger partial charge is 0.314 e. The lowest BCUT2D eigenvalue weighted by Crippen LogP contribution is -2.41. The van der Waals surface area contributed by atoms with E-state index in [-0.39, 0.29) is 5.82 Å². The SMILES string of the molecule is CC1(C)CC1CNC1CC(c2cccc(F)c2)C1. The van der Waals surface area contributed by atoms with Gasteiger partial charge in [0.25, 0.3) is 0 Å². The first-order valence-corrected chi connectivity index (χ1v) is 7.03. The van der Waals surface area contributed by atoms with Crippen LogP contribution in [0.3, 0.4) is 0 Å². The molecule has 1 atom stereocenters. The normalized spacial score (nSPS) is 32.9. The van der Waals surface area contributed by atoms with Crippen molar-refractivity contribution in [1.29, 1.82) is 0 Å². The Balaban J connectivity index is 1.43. The monoisotopic (exact) mass is 247 g/mol. The van der Waals surface area contributed by atoms with Gasteiger partial charge in [-0.3, -0.25) is 0 Å². The van der Waals surface area contributed by atoms with Gasteiger partial charge in [0.15, 0.2) is 0 Å². The van der Waals surface area contributed by atoms with Crippen molar-refractivity contribution >= 4 is 0 Å². The molecule has 1 aromatic rings. The van der Waals surface area contributed by atoms with Gasteiger partial charge in [-0.1, -0.05) is 26.0 Å². The first-order chi connectivity index (χ1) is 8.54. The van der Waals surface area contributed by atoms with Crippen molar-refractivity contribution in [3.8, 4) is 0 Å². The van der Waals surface area contributed by atoms with Crippen LogP contribution in [0.1, 0.15) is 44.6 Å². The zero-order valence-electron chi connectivity index (χ0n) is 11.2. The van der Waals surface area contributed by atoms with Crippen LogP contribution < -0.4 is 5.32 Å². The average molecular weight is 247 g/mol. The lowest BCUT2D eigenvalue weighted by atomic mass is 9.76. The Hall–Kier alpha value is -0.890. The van der Waals surface area contributed by atoms with Gasteiger partial charge in [0.1, 0.15) is 5.82 Å². The Morgan fingerprint density at radius 1 is 1.33 bits per heavy atom. The van der Waals surface area contributed by atoms with Crippen LogP contribution in [0.25, 0.3) is 0 Å². The third kappa shape index (κ3) is 2.44. The summed E-state index contributed by atoms with van der Waals surface area (Å²) in [5.41, 5.74) is 1.73. The van der Waals surface area contributed by atoms with Crippen molar-refractivity contribution in [1.82, 2.24) is 5.32 Å². The predicted octanol–water partition coefficient (Wildman–Crippen LogP) is 3.71. The van der Waals surface area contributed by atoms with Gasteiger partial charge >= 0.3 is 0 Å². The summed E-state index contributed by atoms with van der Waals surface area (Å²) in [7, 11) is 0. The minimum Gasteiger partial charge on any atom is -0.314 e. The van der Waals surface area contributed by atoms with Crippen molar-refractivity contribution < 1.29 is 4.39 Å². The average Bonchev–Trinajstić information content (AvgIpc) is 2.84. The van der Waals surface area contributed by atoms with Crippen molar-refractivity contribution in [2.24, 2.45) is 11.3 Å². The standard InChI is InChI=1S/C16H22FN/c1-16(2)9-13(16)10-18-15-7-12(8-15)11-4-3-5-14(17)6-11/h3-6,12-13,15,18H,7-10H2,1-2H3. The molecular weight excluding hydrogens is 225 g/mol. The molecule has 1 nitrogen and oxygen atoms in total. The highest BCUT2D eigenvalue weighted by Crippen LogP contribution is 2.51.